The van der Waals surface area contributed by atoms with Crippen molar-refractivity contribution in [2.75, 3.05) is 0 Å². The van der Waals surface area contributed by atoms with Crippen LogP contribution in [0.4, 0.5) is 0 Å². The maximum Gasteiger partial charge on any atom is 0.152 e. The third kappa shape index (κ3) is 3.83. The highest BCUT2D eigenvalue weighted by atomic mass is 79.9. The lowest BCUT2D eigenvalue weighted by Crippen LogP contribution is -2.30. The number of rotatable bonds is 3. The van der Waals surface area contributed by atoms with Gasteiger partial charge in [-0.3, -0.25) is 4.79 Å². The minimum Gasteiger partial charge on any atom is -0.298 e. The van der Waals surface area contributed by atoms with Crippen LogP contribution in [0.5, 0.6) is 0 Å². The minimum atomic E-state index is -0.395. The van der Waals surface area contributed by atoms with Gasteiger partial charge in [0.25, 0.3) is 0 Å². The zero-order valence-electron chi connectivity index (χ0n) is 10.6. The molecule has 0 aliphatic rings. The van der Waals surface area contributed by atoms with Crippen LogP contribution < -0.4 is 0 Å². The molecule has 1 atom stereocenters. The van der Waals surface area contributed by atoms with Gasteiger partial charge in [0.1, 0.15) is 0 Å². The van der Waals surface area contributed by atoms with Crippen LogP contribution in [0.2, 0.25) is 5.02 Å². The molecule has 1 aromatic carbocycles. The van der Waals surface area contributed by atoms with Gasteiger partial charge in [-0.05, 0) is 30.2 Å². The molecule has 0 saturated carbocycles. The maximum absolute atomic E-state index is 12.1. The van der Waals surface area contributed by atoms with Gasteiger partial charge in [0, 0.05) is 10.4 Å². The topological polar surface area (TPSA) is 40.9 Å². The van der Waals surface area contributed by atoms with E-state index < -0.39 is 5.41 Å². The van der Waals surface area contributed by atoms with E-state index in [-0.39, 0.29) is 10.6 Å². The van der Waals surface area contributed by atoms with Gasteiger partial charge in [0.2, 0.25) is 0 Å². The summed E-state index contributed by atoms with van der Waals surface area (Å²) in [5, 5.41) is 9.44. The lowest BCUT2D eigenvalue weighted by molar-refractivity contribution is -0.125. The van der Waals surface area contributed by atoms with E-state index in [1.165, 1.54) is 0 Å². The van der Waals surface area contributed by atoms with E-state index in [9.17, 15) is 4.79 Å². The van der Waals surface area contributed by atoms with Crippen molar-refractivity contribution in [1.29, 1.82) is 5.26 Å². The van der Waals surface area contributed by atoms with E-state index in [1.54, 1.807) is 18.2 Å². The van der Waals surface area contributed by atoms with Crippen LogP contribution in [-0.4, -0.2) is 10.6 Å². The Bertz CT molecular complexity index is 499. The molecular weight excluding hydrogens is 314 g/mol. The predicted molar refractivity (Wildman–Crippen MR) is 77.0 cm³/mol. The van der Waals surface area contributed by atoms with Gasteiger partial charge in [-0.25, -0.2) is 0 Å². The van der Waals surface area contributed by atoms with Crippen LogP contribution in [0.15, 0.2) is 18.2 Å². The fourth-order valence-electron chi connectivity index (χ4n) is 1.56. The zero-order valence-corrected chi connectivity index (χ0v) is 13.0. The van der Waals surface area contributed by atoms with Crippen molar-refractivity contribution in [3.05, 3.63) is 34.3 Å². The molecule has 0 N–H and O–H groups in total. The molecule has 96 valence electrons. The van der Waals surface area contributed by atoms with Crippen molar-refractivity contribution in [1.82, 2.24) is 0 Å². The SMILES string of the molecule is CC(C)(C)C(=O)C(Br)Cc1cc(C#N)ccc1Cl. The van der Waals surface area contributed by atoms with E-state index in [0.717, 1.165) is 5.56 Å². The molecule has 4 heteroatoms. The second-order valence-electron chi connectivity index (χ2n) is 5.20. The highest BCUT2D eigenvalue weighted by molar-refractivity contribution is 9.10. The summed E-state index contributed by atoms with van der Waals surface area (Å²) in [5.74, 6) is 0.126. The molecule has 1 rings (SSSR count). The number of carbonyl (C=O) groups is 1. The van der Waals surface area contributed by atoms with Gasteiger partial charge in [-0.2, -0.15) is 5.26 Å². The van der Waals surface area contributed by atoms with Gasteiger partial charge in [-0.1, -0.05) is 48.3 Å². The Kier molecular flexibility index (Phi) is 4.95. The summed E-state index contributed by atoms with van der Waals surface area (Å²) in [5.41, 5.74) is 0.973. The van der Waals surface area contributed by atoms with Crippen molar-refractivity contribution in [3.8, 4) is 6.07 Å². The highest BCUT2D eigenvalue weighted by Gasteiger charge is 2.28. The molecule has 18 heavy (non-hydrogen) atoms. The number of nitriles is 1. The Labute approximate surface area is 121 Å². The molecule has 0 heterocycles. The Hall–Kier alpha value is -0.850. The van der Waals surface area contributed by atoms with Crippen LogP contribution in [0.3, 0.4) is 0 Å². The average molecular weight is 329 g/mol. The molecule has 0 aliphatic carbocycles. The van der Waals surface area contributed by atoms with Crippen LogP contribution in [0.25, 0.3) is 0 Å². The Morgan fingerprint density at radius 1 is 1.50 bits per heavy atom. The average Bonchev–Trinajstić information content (AvgIpc) is 2.29. The third-order valence-corrected chi connectivity index (χ3v) is 3.71. The van der Waals surface area contributed by atoms with Gasteiger partial charge in [-0.15, -0.1) is 0 Å². The molecule has 0 fully saturated rings. The first-order valence-corrected chi connectivity index (χ1v) is 6.92. The predicted octanol–water partition coefficient (Wildman–Crippen LogP) is 4.13. The molecule has 2 nitrogen and oxygen atoms in total. The maximum atomic E-state index is 12.1. The summed E-state index contributed by atoms with van der Waals surface area (Å²) in [4.78, 5) is 11.8. The number of alkyl halides is 1. The van der Waals surface area contributed by atoms with Crippen molar-refractivity contribution in [3.63, 3.8) is 0 Å². The fraction of sp³-hybridized carbons (Fsp3) is 0.429. The lowest BCUT2D eigenvalue weighted by atomic mass is 9.87. The van der Waals surface area contributed by atoms with Gasteiger partial charge >= 0.3 is 0 Å². The number of hydrogen-bond acceptors (Lipinski definition) is 2. The Morgan fingerprint density at radius 3 is 2.61 bits per heavy atom. The van der Waals surface area contributed by atoms with Crippen molar-refractivity contribution in [2.45, 2.75) is 32.0 Å². The number of halogens is 2. The van der Waals surface area contributed by atoms with E-state index in [2.05, 4.69) is 22.0 Å². The van der Waals surface area contributed by atoms with Crippen molar-refractivity contribution in [2.24, 2.45) is 5.41 Å². The number of benzene rings is 1. The van der Waals surface area contributed by atoms with Crippen molar-refractivity contribution >= 4 is 33.3 Å². The van der Waals surface area contributed by atoms with Crippen LogP contribution in [0, 0.1) is 16.7 Å². The first-order valence-electron chi connectivity index (χ1n) is 5.62. The van der Waals surface area contributed by atoms with E-state index >= 15 is 0 Å². The number of Topliss-reactive ketones (excluding diaryl/α,β-unsaturated/α-hetero) is 1. The molecule has 0 spiro atoms. The fourth-order valence-corrected chi connectivity index (χ4v) is 2.79. The minimum absolute atomic E-state index is 0.126. The lowest BCUT2D eigenvalue weighted by Gasteiger charge is -2.21. The molecule has 0 radical (unpaired) electrons. The van der Waals surface area contributed by atoms with Gasteiger partial charge in [0.05, 0.1) is 16.5 Å². The first kappa shape index (κ1) is 15.2. The normalized spacial score (nSPS) is 12.9. The second kappa shape index (κ2) is 5.86. The smallest absolute Gasteiger partial charge is 0.152 e. The van der Waals surface area contributed by atoms with Gasteiger partial charge in [0.15, 0.2) is 5.78 Å². The third-order valence-electron chi connectivity index (χ3n) is 2.60. The summed E-state index contributed by atoms with van der Waals surface area (Å²) in [7, 11) is 0. The molecular formula is C14H15BrClNO. The van der Waals surface area contributed by atoms with Gasteiger partial charge < -0.3 is 0 Å². The quantitative estimate of drug-likeness (QED) is 0.783. The molecule has 0 aliphatic heterocycles. The Morgan fingerprint density at radius 2 is 2.11 bits per heavy atom. The summed E-state index contributed by atoms with van der Waals surface area (Å²) in [6.07, 6.45) is 0.491. The number of ketones is 1. The molecule has 1 unspecified atom stereocenters. The largest absolute Gasteiger partial charge is 0.298 e. The van der Waals surface area contributed by atoms with Crippen LogP contribution in [0.1, 0.15) is 31.9 Å². The van der Waals surface area contributed by atoms with E-state index in [1.807, 2.05) is 20.8 Å². The van der Waals surface area contributed by atoms with Crippen LogP contribution in [-0.2, 0) is 11.2 Å². The summed E-state index contributed by atoms with van der Waals surface area (Å²) < 4.78 is 0. The summed E-state index contributed by atoms with van der Waals surface area (Å²) in [6, 6.07) is 7.16. The monoisotopic (exact) mass is 327 g/mol. The highest BCUT2D eigenvalue weighted by Crippen LogP contribution is 2.26. The molecule has 0 bridgehead atoms. The molecule has 0 saturated heterocycles. The standard InChI is InChI=1S/C14H15BrClNO/c1-14(2,3)13(18)11(15)7-10-6-9(8-17)4-5-12(10)16/h4-6,11H,7H2,1-3H3. The molecule has 0 amide bonds. The number of carbonyl (C=O) groups excluding carboxylic acids is 1. The molecule has 0 aromatic heterocycles. The van der Waals surface area contributed by atoms with Crippen molar-refractivity contribution < 1.29 is 4.79 Å². The van der Waals surface area contributed by atoms with E-state index in [4.69, 9.17) is 16.9 Å². The summed E-state index contributed by atoms with van der Waals surface area (Å²) >= 11 is 9.48. The summed E-state index contributed by atoms with van der Waals surface area (Å²) in [6.45, 7) is 5.66. The molecule has 1 aromatic rings. The van der Waals surface area contributed by atoms with E-state index in [0.29, 0.717) is 17.0 Å². The second-order valence-corrected chi connectivity index (χ2v) is 6.72. The zero-order chi connectivity index (χ0) is 13.9. The first-order chi connectivity index (χ1) is 8.25. The number of nitrogens with zero attached hydrogens (tertiary/aromatic N) is 1. The Balaban J connectivity index is 2.92. The van der Waals surface area contributed by atoms with Crippen LogP contribution >= 0.6 is 27.5 Å². The number of hydrogen-bond donors (Lipinski definition) is 0.